The molecule has 0 aliphatic rings. The molecule has 16 heavy (non-hydrogen) atoms. The summed E-state index contributed by atoms with van der Waals surface area (Å²) in [5, 5.41) is 7.28. The summed E-state index contributed by atoms with van der Waals surface area (Å²) in [5.41, 5.74) is 0. The van der Waals surface area contributed by atoms with Gasteiger partial charge >= 0.3 is 6.18 Å². The van der Waals surface area contributed by atoms with Gasteiger partial charge in [0, 0.05) is 12.1 Å². The lowest BCUT2D eigenvalue weighted by molar-refractivity contribution is -0.159. The average molecular weight is 250 g/mol. The molecule has 92 valence electrons. The summed E-state index contributed by atoms with van der Waals surface area (Å²) in [6, 6.07) is 0.315. The molecule has 0 unspecified atom stereocenters. The zero-order chi connectivity index (χ0) is 12.9. The van der Waals surface area contributed by atoms with E-state index in [0.717, 1.165) is 0 Å². The molecule has 1 nitrogen and oxygen atoms in total. The van der Waals surface area contributed by atoms with E-state index < -0.39 is 36.1 Å². The summed E-state index contributed by atoms with van der Waals surface area (Å²) < 4.78 is 79.5. The van der Waals surface area contributed by atoms with Gasteiger partial charge in [0.25, 0.3) is 0 Å². The Bertz CT molecular complexity index is 297. The zero-order valence-corrected chi connectivity index (χ0v) is 7.45. The second-order valence-corrected chi connectivity index (χ2v) is 2.45. The zero-order valence-electron chi connectivity index (χ0n) is 7.45. The van der Waals surface area contributed by atoms with Crippen molar-refractivity contribution in [1.82, 2.24) is 0 Å². The third kappa shape index (κ3) is 5.54. The van der Waals surface area contributed by atoms with Gasteiger partial charge in [-0.25, -0.2) is 17.6 Å². The van der Waals surface area contributed by atoms with Crippen molar-refractivity contribution in [1.29, 1.82) is 0 Å². The van der Waals surface area contributed by atoms with Gasteiger partial charge in [0.1, 0.15) is 6.61 Å². The van der Waals surface area contributed by atoms with Crippen LogP contribution >= 0.6 is 0 Å². The van der Waals surface area contributed by atoms with Crippen LogP contribution in [0.1, 0.15) is 0 Å². The van der Waals surface area contributed by atoms with Crippen molar-refractivity contribution in [3.63, 3.8) is 0 Å². The summed E-state index contributed by atoms with van der Waals surface area (Å²) in [6.45, 7) is -1.73. The molecule has 0 heterocycles. The fourth-order valence-corrected chi connectivity index (χ4v) is 0.498. The maximum absolute atomic E-state index is 12.0. The van der Waals surface area contributed by atoms with Gasteiger partial charge in [0.05, 0.1) is 0 Å². The van der Waals surface area contributed by atoms with Crippen LogP contribution < -0.4 is 0 Å². The first kappa shape index (κ1) is 14.7. The Labute approximate surface area is 85.1 Å². The fraction of sp³-hybridized carbons (Fsp3) is 0.250. The van der Waals surface area contributed by atoms with Crippen molar-refractivity contribution < 1.29 is 35.8 Å². The Kier molecular flexibility index (Phi) is 5.22. The number of benzene rings is 1. The van der Waals surface area contributed by atoms with Gasteiger partial charge in [-0.3, -0.25) is 0 Å². The smallest absolute Gasteiger partial charge is 0.387 e. The van der Waals surface area contributed by atoms with E-state index in [2.05, 4.69) is 0 Å². The minimum Gasteiger partial charge on any atom is -0.387 e. The number of aliphatic hydroxyl groups is 1. The minimum atomic E-state index is -4.40. The average Bonchev–Trinajstić information content (AvgIpc) is 2.15. The van der Waals surface area contributed by atoms with Crippen LogP contribution in [-0.4, -0.2) is 17.9 Å². The fourth-order valence-electron chi connectivity index (χ4n) is 0.498. The summed E-state index contributed by atoms with van der Waals surface area (Å²) >= 11 is 0. The molecule has 0 amide bonds. The van der Waals surface area contributed by atoms with E-state index in [1.54, 1.807) is 0 Å². The molecule has 0 atom stereocenters. The molecule has 0 aliphatic heterocycles. The molecule has 0 radical (unpaired) electrons. The lowest BCUT2D eigenvalue weighted by Gasteiger charge is -1.95. The molecule has 0 fully saturated rings. The van der Waals surface area contributed by atoms with Gasteiger partial charge in [0.2, 0.25) is 0 Å². The van der Waals surface area contributed by atoms with Crippen LogP contribution in [0.4, 0.5) is 30.7 Å². The Morgan fingerprint density at radius 1 is 0.812 bits per heavy atom. The predicted molar refractivity (Wildman–Crippen MR) is 39.4 cm³/mol. The first-order valence-electron chi connectivity index (χ1n) is 3.65. The van der Waals surface area contributed by atoms with E-state index >= 15 is 0 Å². The van der Waals surface area contributed by atoms with Gasteiger partial charge in [-0.15, -0.1) is 0 Å². The van der Waals surface area contributed by atoms with Crippen LogP contribution in [0, 0.1) is 23.3 Å². The molecule has 1 aromatic carbocycles. The maximum Gasteiger partial charge on any atom is 0.411 e. The van der Waals surface area contributed by atoms with Crippen molar-refractivity contribution in [3.8, 4) is 0 Å². The van der Waals surface area contributed by atoms with Gasteiger partial charge in [-0.05, 0) is 0 Å². The van der Waals surface area contributed by atoms with Gasteiger partial charge < -0.3 is 5.11 Å². The highest BCUT2D eigenvalue weighted by atomic mass is 19.4. The summed E-state index contributed by atoms with van der Waals surface area (Å²) in [7, 11) is 0. The lowest BCUT2D eigenvalue weighted by Crippen LogP contribution is -2.12. The van der Waals surface area contributed by atoms with Crippen molar-refractivity contribution >= 4 is 0 Å². The van der Waals surface area contributed by atoms with Crippen LogP contribution in [0.3, 0.4) is 0 Å². The molecule has 1 N–H and O–H groups in total. The molecular formula is C8H5F7O. The van der Waals surface area contributed by atoms with Crippen molar-refractivity contribution in [3.05, 3.63) is 35.4 Å². The number of halogens is 7. The third-order valence-corrected chi connectivity index (χ3v) is 1.14. The van der Waals surface area contributed by atoms with E-state index in [4.69, 9.17) is 5.11 Å². The van der Waals surface area contributed by atoms with Crippen molar-refractivity contribution in [2.45, 2.75) is 6.18 Å². The second-order valence-electron chi connectivity index (χ2n) is 2.45. The molecule has 8 heteroatoms. The molecule has 1 rings (SSSR count). The van der Waals surface area contributed by atoms with Gasteiger partial charge in [-0.1, -0.05) is 0 Å². The number of rotatable bonds is 0. The van der Waals surface area contributed by atoms with E-state index in [-0.39, 0.29) is 12.1 Å². The molecular weight excluding hydrogens is 245 g/mol. The molecule has 0 aromatic heterocycles. The normalized spacial score (nSPS) is 10.8. The maximum atomic E-state index is 12.0. The highest BCUT2D eigenvalue weighted by Gasteiger charge is 2.24. The van der Waals surface area contributed by atoms with Crippen LogP contribution in [0.5, 0.6) is 0 Å². The molecule has 0 bridgehead atoms. The first-order valence-corrected chi connectivity index (χ1v) is 3.65. The largest absolute Gasteiger partial charge is 0.411 e. The third-order valence-electron chi connectivity index (χ3n) is 1.14. The number of aliphatic hydroxyl groups excluding tert-OH is 1. The summed E-state index contributed by atoms with van der Waals surface area (Å²) in [6.07, 6.45) is -4.40. The number of hydrogen-bond donors (Lipinski definition) is 1. The molecule has 0 aliphatic carbocycles. The molecule has 0 saturated carbocycles. The monoisotopic (exact) mass is 250 g/mol. The Morgan fingerprint density at radius 2 is 1.00 bits per heavy atom. The van der Waals surface area contributed by atoms with E-state index in [1.807, 2.05) is 0 Å². The predicted octanol–water partition coefficient (Wildman–Crippen LogP) is 2.78. The van der Waals surface area contributed by atoms with E-state index in [9.17, 15) is 30.7 Å². The Morgan fingerprint density at radius 3 is 1.12 bits per heavy atom. The SMILES string of the molecule is Fc1cc(F)c(F)cc1F.OCC(F)(F)F. The standard InChI is InChI=1S/C6H2F4.C2H3F3O/c7-3-1-4(8)6(10)2-5(3)9;3-2(4,5)1-6/h1-2H;6H,1H2. The summed E-state index contributed by atoms with van der Waals surface area (Å²) in [5.74, 6) is -5.56. The quantitative estimate of drug-likeness (QED) is 0.554. The van der Waals surface area contributed by atoms with Crippen LogP contribution in [0.2, 0.25) is 0 Å². The lowest BCUT2D eigenvalue weighted by atomic mass is 10.3. The van der Waals surface area contributed by atoms with E-state index in [1.165, 1.54) is 0 Å². The summed E-state index contributed by atoms with van der Waals surface area (Å²) in [4.78, 5) is 0. The highest BCUT2D eigenvalue weighted by molar-refractivity contribution is 5.10. The highest BCUT2D eigenvalue weighted by Crippen LogP contribution is 2.11. The van der Waals surface area contributed by atoms with Gasteiger partial charge in [0.15, 0.2) is 23.3 Å². The number of hydrogen-bond acceptors (Lipinski definition) is 1. The molecule has 0 saturated heterocycles. The number of alkyl halides is 3. The Hall–Kier alpha value is -1.31. The Balaban J connectivity index is 0.000000325. The van der Waals surface area contributed by atoms with Crippen LogP contribution in [0.15, 0.2) is 12.1 Å². The topological polar surface area (TPSA) is 20.2 Å². The molecule has 0 spiro atoms. The second kappa shape index (κ2) is 5.69. The van der Waals surface area contributed by atoms with Crippen LogP contribution in [0.25, 0.3) is 0 Å². The van der Waals surface area contributed by atoms with Crippen molar-refractivity contribution in [2.24, 2.45) is 0 Å². The van der Waals surface area contributed by atoms with Crippen molar-refractivity contribution in [2.75, 3.05) is 6.61 Å². The van der Waals surface area contributed by atoms with Crippen LogP contribution in [-0.2, 0) is 0 Å². The molecule has 1 aromatic rings. The minimum absolute atomic E-state index is 0.157. The van der Waals surface area contributed by atoms with Gasteiger partial charge in [-0.2, -0.15) is 13.2 Å². The van der Waals surface area contributed by atoms with E-state index in [0.29, 0.717) is 0 Å². The first-order chi connectivity index (χ1) is 7.17.